The lowest BCUT2D eigenvalue weighted by molar-refractivity contribution is -0.138. The number of benzene rings is 2. The number of rotatable bonds is 7. The summed E-state index contributed by atoms with van der Waals surface area (Å²) in [7, 11) is 0. The van der Waals surface area contributed by atoms with Crippen molar-refractivity contribution < 1.29 is 35.8 Å². The van der Waals surface area contributed by atoms with Crippen molar-refractivity contribution in [3.63, 3.8) is 0 Å². The van der Waals surface area contributed by atoms with E-state index >= 15 is 0 Å². The zero-order chi connectivity index (χ0) is 23.0. The highest BCUT2D eigenvalue weighted by Gasteiger charge is 2.37. The average Bonchev–Trinajstić information content (AvgIpc) is 3.51. The van der Waals surface area contributed by atoms with Gasteiger partial charge in [0.25, 0.3) is 0 Å². The zero-order valence-corrected chi connectivity index (χ0v) is 16.4. The molecule has 2 atom stereocenters. The first-order valence-corrected chi connectivity index (χ1v) is 9.20. The molecule has 1 aliphatic heterocycles. The van der Waals surface area contributed by atoms with Crippen molar-refractivity contribution >= 4 is 11.9 Å². The minimum absolute atomic E-state index is 0.00256. The molecule has 166 valence electrons. The molecule has 0 spiro atoms. The number of nitrogens with zero attached hydrogens (tertiary/aromatic N) is 1. The van der Waals surface area contributed by atoms with Crippen LogP contribution in [0.3, 0.4) is 0 Å². The van der Waals surface area contributed by atoms with E-state index in [1.54, 1.807) is 0 Å². The molecule has 0 bridgehead atoms. The van der Waals surface area contributed by atoms with Crippen LogP contribution in [0, 0.1) is 5.41 Å². The van der Waals surface area contributed by atoms with Gasteiger partial charge in [0.2, 0.25) is 0 Å². The largest absolute Gasteiger partial charge is 0.487 e. The van der Waals surface area contributed by atoms with Crippen molar-refractivity contribution in [2.75, 3.05) is 6.54 Å². The number of hydrogen-bond acceptors (Lipinski definition) is 4. The number of halogens is 6. The molecule has 1 heterocycles. The summed E-state index contributed by atoms with van der Waals surface area (Å²) in [5.74, 6) is -0.144. The quantitative estimate of drug-likeness (QED) is 0.436. The summed E-state index contributed by atoms with van der Waals surface area (Å²) < 4.78 is 90.6. The molecular formula is C21H18F6N2O2. The number of nitrogens with one attached hydrogen (secondary N) is 1. The van der Waals surface area contributed by atoms with Crippen LogP contribution in [-0.4, -0.2) is 30.7 Å². The molecular weight excluding hydrogens is 426 g/mol. The molecule has 1 N–H and O–H groups in total. The van der Waals surface area contributed by atoms with E-state index in [2.05, 4.69) is 4.99 Å². The van der Waals surface area contributed by atoms with Gasteiger partial charge in [-0.15, -0.1) is 0 Å². The van der Waals surface area contributed by atoms with Crippen molar-refractivity contribution in [2.45, 2.75) is 38.4 Å². The third kappa shape index (κ3) is 5.36. The summed E-state index contributed by atoms with van der Waals surface area (Å²) >= 11 is 0. The van der Waals surface area contributed by atoms with E-state index in [0.29, 0.717) is 11.9 Å². The van der Waals surface area contributed by atoms with E-state index in [1.165, 1.54) is 32.0 Å². The van der Waals surface area contributed by atoms with Crippen LogP contribution in [-0.2, 0) is 12.4 Å². The first kappa shape index (κ1) is 22.6. The lowest BCUT2D eigenvalue weighted by Crippen LogP contribution is -2.31. The van der Waals surface area contributed by atoms with Crippen LogP contribution in [0.1, 0.15) is 36.1 Å². The van der Waals surface area contributed by atoms with Crippen molar-refractivity contribution in [2.24, 2.45) is 4.99 Å². The van der Waals surface area contributed by atoms with Gasteiger partial charge in [-0.3, -0.25) is 4.99 Å². The van der Waals surface area contributed by atoms with Gasteiger partial charge in [-0.2, -0.15) is 26.3 Å². The normalized spacial score (nSPS) is 15.7. The topological polar surface area (TPSA) is 54.7 Å². The third-order valence-electron chi connectivity index (χ3n) is 4.71. The van der Waals surface area contributed by atoms with Crippen molar-refractivity contribution in [3.8, 4) is 11.5 Å². The van der Waals surface area contributed by atoms with Gasteiger partial charge in [0.15, 0.2) is 0 Å². The maximum Gasteiger partial charge on any atom is 0.417 e. The number of aliphatic imine (C=N–C) groups is 1. The molecule has 0 unspecified atom stereocenters. The van der Waals surface area contributed by atoms with E-state index in [9.17, 15) is 26.3 Å². The molecule has 2 aromatic rings. The second-order valence-corrected chi connectivity index (χ2v) is 7.01. The predicted molar refractivity (Wildman–Crippen MR) is 102 cm³/mol. The van der Waals surface area contributed by atoms with Crippen LogP contribution < -0.4 is 9.47 Å². The molecule has 2 aromatic carbocycles. The van der Waals surface area contributed by atoms with E-state index in [4.69, 9.17) is 14.9 Å². The van der Waals surface area contributed by atoms with Crippen LogP contribution in [0.25, 0.3) is 0 Å². The smallest absolute Gasteiger partial charge is 0.417 e. The minimum atomic E-state index is -4.67. The van der Waals surface area contributed by atoms with Crippen LogP contribution in [0.2, 0.25) is 0 Å². The molecule has 3 rings (SSSR count). The third-order valence-corrected chi connectivity index (χ3v) is 4.71. The van der Waals surface area contributed by atoms with Crippen LogP contribution in [0.15, 0.2) is 41.4 Å². The summed E-state index contributed by atoms with van der Waals surface area (Å²) in [6.45, 7) is 3.33. The highest BCUT2D eigenvalue weighted by molar-refractivity contribution is 6.11. The second-order valence-electron chi connectivity index (χ2n) is 7.01. The number of ether oxygens (including phenoxy) is 2. The van der Waals surface area contributed by atoms with Crippen LogP contribution in [0.5, 0.6) is 11.5 Å². The Morgan fingerprint density at radius 1 is 0.871 bits per heavy atom. The fraction of sp³-hybridized carbons (Fsp3) is 0.333. The second kappa shape index (κ2) is 8.24. The van der Waals surface area contributed by atoms with Crippen molar-refractivity contribution in [1.29, 1.82) is 5.41 Å². The standard InChI is InChI=1S/C21H18F6N2O2/c1-11(30-14-4-3-13(9-28)17(7-14)20(22,23)24)12(2)31-15-5-6-16(19-10-29-19)18(8-15)21(25,26)27/h3-9,11-12,28H,10H2,1-2H3/t11-,12-/m1/s1. The Hall–Kier alpha value is -3.04. The van der Waals surface area contributed by atoms with Crippen molar-refractivity contribution in [3.05, 3.63) is 58.7 Å². The fourth-order valence-electron chi connectivity index (χ4n) is 2.89. The van der Waals surface area contributed by atoms with E-state index in [1.807, 2.05) is 0 Å². The summed E-state index contributed by atoms with van der Waals surface area (Å²) in [6, 6.07) is 6.71. The maximum atomic E-state index is 13.4. The summed E-state index contributed by atoms with van der Waals surface area (Å²) in [4.78, 5) is 3.81. The van der Waals surface area contributed by atoms with Crippen molar-refractivity contribution in [1.82, 2.24) is 0 Å². The minimum Gasteiger partial charge on any atom is -0.487 e. The molecule has 1 aliphatic rings. The average molecular weight is 444 g/mol. The van der Waals surface area contributed by atoms with E-state index in [0.717, 1.165) is 18.2 Å². The molecule has 31 heavy (non-hydrogen) atoms. The van der Waals surface area contributed by atoms with Gasteiger partial charge in [-0.25, -0.2) is 0 Å². The maximum absolute atomic E-state index is 13.4. The Labute approximate surface area is 174 Å². The van der Waals surface area contributed by atoms with Gasteiger partial charge < -0.3 is 14.9 Å². The molecule has 0 fully saturated rings. The molecule has 0 saturated heterocycles. The fourth-order valence-corrected chi connectivity index (χ4v) is 2.89. The van der Waals surface area contributed by atoms with Gasteiger partial charge in [0, 0.05) is 17.3 Å². The highest BCUT2D eigenvalue weighted by atomic mass is 19.4. The van der Waals surface area contributed by atoms with Gasteiger partial charge in [-0.05, 0) is 50.2 Å². The zero-order valence-electron chi connectivity index (χ0n) is 16.4. The Balaban J connectivity index is 1.75. The SMILES string of the molecule is C[C@@H](Oc1ccc(C=N)c(C(F)(F)F)c1)[C@@H](C)Oc1ccc(C2=NC2)c(C(F)(F)F)c1. The molecule has 4 nitrogen and oxygen atoms in total. The predicted octanol–water partition coefficient (Wildman–Crippen LogP) is 5.76. The molecule has 0 aliphatic carbocycles. The summed E-state index contributed by atoms with van der Waals surface area (Å²) in [6.07, 6.45) is -10.2. The van der Waals surface area contributed by atoms with E-state index in [-0.39, 0.29) is 29.2 Å². The Kier molecular flexibility index (Phi) is 6.02. The lowest BCUT2D eigenvalue weighted by Gasteiger charge is -2.24. The van der Waals surface area contributed by atoms with Gasteiger partial charge >= 0.3 is 12.4 Å². The lowest BCUT2D eigenvalue weighted by atomic mass is 10.0. The van der Waals surface area contributed by atoms with Crippen LogP contribution >= 0.6 is 0 Å². The van der Waals surface area contributed by atoms with Gasteiger partial charge in [0.1, 0.15) is 23.7 Å². The number of alkyl halides is 6. The number of hydrogen-bond donors (Lipinski definition) is 1. The molecule has 10 heteroatoms. The van der Waals surface area contributed by atoms with E-state index < -0.39 is 35.7 Å². The molecule has 0 aromatic heterocycles. The van der Waals surface area contributed by atoms with Gasteiger partial charge in [0.05, 0.1) is 23.4 Å². The molecule has 0 saturated carbocycles. The van der Waals surface area contributed by atoms with Gasteiger partial charge in [-0.1, -0.05) is 0 Å². The summed E-state index contributed by atoms with van der Waals surface area (Å²) in [5.41, 5.74) is -1.81. The Bertz CT molecular complexity index is 1010. The highest BCUT2D eigenvalue weighted by Crippen LogP contribution is 2.37. The first-order chi connectivity index (χ1) is 14.4. The Morgan fingerprint density at radius 2 is 1.35 bits per heavy atom. The van der Waals surface area contributed by atoms with Crippen LogP contribution in [0.4, 0.5) is 26.3 Å². The molecule has 0 amide bonds. The first-order valence-electron chi connectivity index (χ1n) is 9.20. The molecule has 0 radical (unpaired) electrons. The Morgan fingerprint density at radius 3 is 1.81 bits per heavy atom. The monoisotopic (exact) mass is 444 g/mol. The summed E-state index contributed by atoms with van der Waals surface area (Å²) in [5, 5.41) is 7.10.